The molecule has 6 heteroatoms. The zero-order valence-corrected chi connectivity index (χ0v) is 16.0. The summed E-state index contributed by atoms with van der Waals surface area (Å²) in [5.41, 5.74) is 1.32. The number of benzene rings is 2. The minimum atomic E-state index is -0.299. The van der Waals surface area contributed by atoms with Gasteiger partial charge in [-0.1, -0.05) is 17.7 Å². The molecular weight excluding hydrogens is 354 g/mol. The summed E-state index contributed by atoms with van der Waals surface area (Å²) >= 11 is 5.96. The van der Waals surface area contributed by atoms with E-state index in [2.05, 4.69) is 5.32 Å². The predicted molar refractivity (Wildman–Crippen MR) is 104 cm³/mol. The Kier molecular flexibility index (Phi) is 6.92. The van der Waals surface area contributed by atoms with Gasteiger partial charge < -0.3 is 19.5 Å². The van der Waals surface area contributed by atoms with E-state index in [1.54, 1.807) is 31.4 Å². The van der Waals surface area contributed by atoms with Crippen LogP contribution in [0.15, 0.2) is 42.5 Å². The smallest absolute Gasteiger partial charge is 0.248 e. The number of anilines is 1. The quantitative estimate of drug-likeness (QED) is 0.706. The zero-order chi connectivity index (χ0) is 19.1. The molecule has 0 aliphatic heterocycles. The minimum absolute atomic E-state index is 0.0451. The van der Waals surface area contributed by atoms with Gasteiger partial charge in [-0.2, -0.15) is 0 Å². The van der Waals surface area contributed by atoms with Crippen LogP contribution < -0.4 is 19.5 Å². The molecule has 0 saturated heterocycles. The summed E-state index contributed by atoms with van der Waals surface area (Å²) in [6.45, 7) is 3.89. The molecule has 0 aliphatic carbocycles. The molecule has 0 fully saturated rings. The second-order valence-electron chi connectivity index (χ2n) is 5.74. The van der Waals surface area contributed by atoms with Crippen LogP contribution in [0.25, 0.3) is 6.08 Å². The Hall–Kier alpha value is -2.66. The highest BCUT2D eigenvalue weighted by molar-refractivity contribution is 6.31. The molecule has 0 atom stereocenters. The van der Waals surface area contributed by atoms with Crippen molar-refractivity contribution in [2.45, 2.75) is 20.0 Å². The molecule has 0 saturated carbocycles. The number of rotatable bonds is 7. The first-order chi connectivity index (χ1) is 12.4. The van der Waals surface area contributed by atoms with Crippen molar-refractivity contribution >= 4 is 29.3 Å². The Labute approximate surface area is 158 Å². The zero-order valence-electron chi connectivity index (χ0n) is 15.2. The number of amides is 1. The van der Waals surface area contributed by atoms with Gasteiger partial charge in [-0.3, -0.25) is 4.79 Å². The first-order valence-electron chi connectivity index (χ1n) is 8.10. The Balaban J connectivity index is 2.12. The molecule has 0 spiro atoms. The monoisotopic (exact) mass is 375 g/mol. The molecule has 2 aromatic carbocycles. The Morgan fingerprint density at radius 2 is 1.73 bits per heavy atom. The summed E-state index contributed by atoms with van der Waals surface area (Å²) in [6.07, 6.45) is 3.16. The summed E-state index contributed by atoms with van der Waals surface area (Å²) in [5, 5.41) is 3.26. The normalized spacial score (nSPS) is 10.8. The van der Waals surface area contributed by atoms with Crippen molar-refractivity contribution in [3.05, 3.63) is 53.1 Å². The van der Waals surface area contributed by atoms with Gasteiger partial charge in [0.1, 0.15) is 5.75 Å². The lowest BCUT2D eigenvalue weighted by atomic mass is 10.2. The van der Waals surface area contributed by atoms with Gasteiger partial charge in [0.15, 0.2) is 11.5 Å². The van der Waals surface area contributed by atoms with Gasteiger partial charge in [-0.25, -0.2) is 0 Å². The third-order valence-electron chi connectivity index (χ3n) is 3.40. The summed E-state index contributed by atoms with van der Waals surface area (Å²) in [4.78, 5) is 12.2. The van der Waals surface area contributed by atoms with Crippen molar-refractivity contribution in [3.8, 4) is 17.2 Å². The fourth-order valence-corrected chi connectivity index (χ4v) is 2.44. The number of carbonyl (C=O) groups excluding carboxylic acids is 1. The fraction of sp³-hybridized carbons (Fsp3) is 0.250. The average molecular weight is 376 g/mol. The van der Waals surface area contributed by atoms with Gasteiger partial charge in [-0.05, 0) is 55.8 Å². The first-order valence-corrected chi connectivity index (χ1v) is 8.48. The number of methoxy groups -OCH3 is 2. The van der Waals surface area contributed by atoms with Crippen LogP contribution in [0.3, 0.4) is 0 Å². The SMILES string of the molecule is COc1ccc(Cl)cc1NC(=O)/C=C/c1ccc(OC(C)C)c(OC)c1. The Bertz CT molecular complexity index is 802. The van der Waals surface area contributed by atoms with Gasteiger partial charge in [0, 0.05) is 11.1 Å². The molecule has 1 N–H and O–H groups in total. The lowest BCUT2D eigenvalue weighted by Crippen LogP contribution is -2.09. The standard InChI is InChI=1S/C20H22ClNO4/c1-13(2)26-18-8-5-14(11-19(18)25-4)6-10-20(23)22-16-12-15(21)7-9-17(16)24-3/h5-13H,1-4H3,(H,22,23)/b10-6+. The van der Waals surface area contributed by atoms with Gasteiger partial charge in [0.2, 0.25) is 5.91 Å². The van der Waals surface area contributed by atoms with E-state index in [1.807, 2.05) is 32.0 Å². The molecular formula is C20H22ClNO4. The van der Waals surface area contributed by atoms with E-state index >= 15 is 0 Å². The number of nitrogens with one attached hydrogen (secondary N) is 1. The molecule has 0 bridgehead atoms. The van der Waals surface area contributed by atoms with E-state index in [0.29, 0.717) is 28.0 Å². The summed E-state index contributed by atoms with van der Waals surface area (Å²) in [5.74, 6) is 1.51. The Morgan fingerprint density at radius 3 is 2.38 bits per heavy atom. The van der Waals surface area contributed by atoms with Crippen LogP contribution in [-0.4, -0.2) is 26.2 Å². The summed E-state index contributed by atoms with van der Waals surface area (Å²) in [6, 6.07) is 10.5. The fourth-order valence-electron chi connectivity index (χ4n) is 2.26. The molecule has 138 valence electrons. The second kappa shape index (κ2) is 9.15. The summed E-state index contributed by atoms with van der Waals surface area (Å²) < 4.78 is 16.2. The highest BCUT2D eigenvalue weighted by atomic mass is 35.5. The lowest BCUT2D eigenvalue weighted by Gasteiger charge is -2.13. The Morgan fingerprint density at radius 1 is 1.04 bits per heavy atom. The lowest BCUT2D eigenvalue weighted by molar-refractivity contribution is -0.111. The molecule has 1 amide bonds. The molecule has 2 aromatic rings. The summed E-state index contributed by atoms with van der Waals surface area (Å²) in [7, 11) is 3.11. The minimum Gasteiger partial charge on any atom is -0.495 e. The highest BCUT2D eigenvalue weighted by Gasteiger charge is 2.08. The molecule has 0 aromatic heterocycles. The molecule has 0 heterocycles. The molecule has 5 nitrogen and oxygen atoms in total. The number of halogens is 1. The van der Waals surface area contributed by atoms with E-state index in [4.69, 9.17) is 25.8 Å². The largest absolute Gasteiger partial charge is 0.495 e. The number of carbonyl (C=O) groups is 1. The topological polar surface area (TPSA) is 56.8 Å². The number of hydrogen-bond donors (Lipinski definition) is 1. The van der Waals surface area contributed by atoms with E-state index in [1.165, 1.54) is 13.2 Å². The van der Waals surface area contributed by atoms with Crippen molar-refractivity contribution in [3.63, 3.8) is 0 Å². The molecule has 0 aliphatic rings. The van der Waals surface area contributed by atoms with Crippen LogP contribution in [0.4, 0.5) is 5.69 Å². The van der Waals surface area contributed by atoms with Crippen molar-refractivity contribution in [2.75, 3.05) is 19.5 Å². The van der Waals surface area contributed by atoms with Crippen LogP contribution in [0.2, 0.25) is 5.02 Å². The van der Waals surface area contributed by atoms with Crippen LogP contribution in [-0.2, 0) is 4.79 Å². The first kappa shape index (κ1) is 19.7. The number of ether oxygens (including phenoxy) is 3. The highest BCUT2D eigenvalue weighted by Crippen LogP contribution is 2.30. The average Bonchev–Trinajstić information content (AvgIpc) is 2.60. The molecule has 26 heavy (non-hydrogen) atoms. The molecule has 2 rings (SSSR count). The van der Waals surface area contributed by atoms with Gasteiger partial charge in [0.25, 0.3) is 0 Å². The van der Waals surface area contributed by atoms with Gasteiger partial charge in [0.05, 0.1) is 26.0 Å². The van der Waals surface area contributed by atoms with Crippen molar-refractivity contribution in [1.29, 1.82) is 0 Å². The van der Waals surface area contributed by atoms with Crippen LogP contribution in [0.1, 0.15) is 19.4 Å². The third-order valence-corrected chi connectivity index (χ3v) is 3.63. The van der Waals surface area contributed by atoms with Crippen molar-refractivity contribution in [1.82, 2.24) is 0 Å². The van der Waals surface area contributed by atoms with Gasteiger partial charge >= 0.3 is 0 Å². The maximum absolute atomic E-state index is 12.2. The van der Waals surface area contributed by atoms with E-state index in [9.17, 15) is 4.79 Å². The molecule has 0 unspecified atom stereocenters. The predicted octanol–water partition coefficient (Wildman–Crippen LogP) is 4.80. The van der Waals surface area contributed by atoms with E-state index in [0.717, 1.165) is 5.56 Å². The number of hydrogen-bond acceptors (Lipinski definition) is 4. The van der Waals surface area contributed by atoms with Crippen LogP contribution in [0, 0.1) is 0 Å². The maximum Gasteiger partial charge on any atom is 0.248 e. The second-order valence-corrected chi connectivity index (χ2v) is 6.18. The van der Waals surface area contributed by atoms with Crippen molar-refractivity contribution in [2.24, 2.45) is 0 Å². The van der Waals surface area contributed by atoms with E-state index in [-0.39, 0.29) is 12.0 Å². The van der Waals surface area contributed by atoms with Crippen molar-refractivity contribution < 1.29 is 19.0 Å². The third kappa shape index (κ3) is 5.43. The molecule has 0 radical (unpaired) electrons. The van der Waals surface area contributed by atoms with Gasteiger partial charge in [-0.15, -0.1) is 0 Å². The van der Waals surface area contributed by atoms with Crippen LogP contribution in [0.5, 0.6) is 17.2 Å². The maximum atomic E-state index is 12.2. The van der Waals surface area contributed by atoms with Crippen LogP contribution >= 0.6 is 11.6 Å². The van der Waals surface area contributed by atoms with E-state index < -0.39 is 0 Å².